The molecular formula is C11H9F3N2S. The average molecular weight is 258 g/mol. The lowest BCUT2D eigenvalue weighted by molar-refractivity contribution is -0.137. The van der Waals surface area contributed by atoms with E-state index in [9.17, 15) is 13.2 Å². The van der Waals surface area contributed by atoms with E-state index in [-0.39, 0.29) is 0 Å². The number of halogens is 3. The van der Waals surface area contributed by atoms with Crippen molar-refractivity contribution < 1.29 is 13.2 Å². The normalized spacial score (nSPS) is 11.8. The van der Waals surface area contributed by atoms with Crippen LogP contribution in [0.5, 0.6) is 0 Å². The van der Waals surface area contributed by atoms with Gasteiger partial charge in [0.1, 0.15) is 0 Å². The molecule has 0 spiro atoms. The Morgan fingerprint density at radius 1 is 1.29 bits per heavy atom. The maximum Gasteiger partial charge on any atom is 0.416 e. The maximum absolute atomic E-state index is 12.6. The molecule has 0 aliphatic heterocycles. The maximum atomic E-state index is 12.6. The first-order valence-corrected chi connectivity index (χ1v) is 5.22. The summed E-state index contributed by atoms with van der Waals surface area (Å²) in [7, 11) is 1.70. The van der Waals surface area contributed by atoms with Gasteiger partial charge >= 0.3 is 6.18 Å². The summed E-state index contributed by atoms with van der Waals surface area (Å²) in [5, 5.41) is 0. The van der Waals surface area contributed by atoms with Crippen LogP contribution in [0.15, 0.2) is 30.5 Å². The topological polar surface area (TPSA) is 20.7 Å². The number of rotatable bonds is 1. The molecule has 0 unspecified atom stereocenters. The first kappa shape index (κ1) is 11.9. The fourth-order valence-corrected chi connectivity index (χ4v) is 1.72. The number of hydrogen-bond acceptors (Lipinski definition) is 1. The van der Waals surface area contributed by atoms with Crippen LogP contribution in [0.3, 0.4) is 0 Å². The third-order valence-electron chi connectivity index (χ3n) is 2.48. The number of hydrogen-bond donors (Lipinski definition) is 1. The summed E-state index contributed by atoms with van der Waals surface area (Å²) in [5.41, 5.74) is 0.442. The molecule has 2 rings (SSSR count). The SMILES string of the molecule is Cn1c(-c2cccc(C(F)(F)F)c2)c[nH]c1=S. The minimum atomic E-state index is -4.33. The molecule has 6 heteroatoms. The van der Waals surface area contributed by atoms with Gasteiger partial charge in [-0.1, -0.05) is 12.1 Å². The van der Waals surface area contributed by atoms with Crippen LogP contribution in [-0.2, 0) is 13.2 Å². The van der Waals surface area contributed by atoms with Gasteiger partial charge in [-0.3, -0.25) is 0 Å². The number of H-pyrrole nitrogens is 1. The lowest BCUT2D eigenvalue weighted by Crippen LogP contribution is -2.04. The van der Waals surface area contributed by atoms with Crippen molar-refractivity contribution in [2.24, 2.45) is 7.05 Å². The van der Waals surface area contributed by atoms with Crippen LogP contribution in [0.25, 0.3) is 11.3 Å². The standard InChI is InChI=1S/C11H9F3N2S/c1-16-9(6-15-10(16)17)7-3-2-4-8(5-7)11(12,13)14/h2-6H,1H3,(H,15,17). The van der Waals surface area contributed by atoms with Gasteiger partial charge < -0.3 is 9.55 Å². The van der Waals surface area contributed by atoms with Gasteiger partial charge in [-0.05, 0) is 24.4 Å². The van der Waals surface area contributed by atoms with Crippen LogP contribution in [0.2, 0.25) is 0 Å². The Morgan fingerprint density at radius 2 is 2.00 bits per heavy atom. The van der Waals surface area contributed by atoms with E-state index in [0.29, 0.717) is 16.0 Å². The average Bonchev–Trinajstić information content (AvgIpc) is 2.59. The number of benzene rings is 1. The van der Waals surface area contributed by atoms with Crippen molar-refractivity contribution in [2.45, 2.75) is 6.18 Å². The molecule has 0 atom stereocenters. The fraction of sp³-hybridized carbons (Fsp3) is 0.182. The van der Waals surface area contributed by atoms with Crippen molar-refractivity contribution in [1.82, 2.24) is 9.55 Å². The smallest absolute Gasteiger partial charge is 0.337 e. The number of nitrogens with one attached hydrogen (secondary N) is 1. The van der Waals surface area contributed by atoms with Crippen LogP contribution >= 0.6 is 12.2 Å². The molecule has 0 amide bonds. The van der Waals surface area contributed by atoms with Crippen LogP contribution < -0.4 is 0 Å². The molecule has 1 aromatic carbocycles. The highest BCUT2D eigenvalue weighted by Crippen LogP contribution is 2.31. The van der Waals surface area contributed by atoms with Crippen LogP contribution in [0.4, 0.5) is 13.2 Å². The Labute approximate surface area is 101 Å². The second-order valence-corrected chi connectivity index (χ2v) is 4.00. The summed E-state index contributed by atoms with van der Waals surface area (Å²) in [6.07, 6.45) is -2.74. The first-order chi connectivity index (χ1) is 7.89. The van der Waals surface area contributed by atoms with Crippen molar-refractivity contribution in [3.63, 3.8) is 0 Å². The van der Waals surface area contributed by atoms with E-state index >= 15 is 0 Å². The molecule has 0 aliphatic rings. The molecular weight excluding hydrogens is 249 g/mol. The Balaban J connectivity index is 2.54. The van der Waals surface area contributed by atoms with E-state index in [1.165, 1.54) is 6.07 Å². The van der Waals surface area contributed by atoms with Gasteiger partial charge in [0, 0.05) is 18.8 Å². The van der Waals surface area contributed by atoms with Gasteiger partial charge in [0.25, 0.3) is 0 Å². The molecule has 0 bridgehead atoms. The molecule has 0 saturated heterocycles. The first-order valence-electron chi connectivity index (χ1n) is 4.81. The summed E-state index contributed by atoms with van der Waals surface area (Å²) in [4.78, 5) is 2.79. The Kier molecular flexibility index (Phi) is 2.82. The predicted molar refractivity (Wildman–Crippen MR) is 61.0 cm³/mol. The molecule has 1 heterocycles. The van der Waals surface area contributed by atoms with Crippen molar-refractivity contribution >= 4 is 12.2 Å². The zero-order valence-electron chi connectivity index (χ0n) is 8.88. The number of aromatic amines is 1. The zero-order valence-corrected chi connectivity index (χ0v) is 9.69. The monoisotopic (exact) mass is 258 g/mol. The minimum absolute atomic E-state index is 0.470. The van der Waals surface area contributed by atoms with Gasteiger partial charge in [-0.15, -0.1) is 0 Å². The molecule has 0 saturated carbocycles. The van der Waals surface area contributed by atoms with Crippen molar-refractivity contribution in [3.05, 3.63) is 40.8 Å². The van der Waals surface area contributed by atoms with Gasteiger partial charge in [0.2, 0.25) is 0 Å². The largest absolute Gasteiger partial charge is 0.416 e. The number of alkyl halides is 3. The third-order valence-corrected chi connectivity index (χ3v) is 2.88. The molecule has 1 N–H and O–H groups in total. The molecule has 1 aromatic heterocycles. The van der Waals surface area contributed by atoms with E-state index < -0.39 is 11.7 Å². The lowest BCUT2D eigenvalue weighted by Gasteiger charge is -2.08. The second kappa shape index (κ2) is 4.03. The van der Waals surface area contributed by atoms with E-state index in [4.69, 9.17) is 12.2 Å². The van der Waals surface area contributed by atoms with E-state index in [1.807, 2.05) is 0 Å². The molecule has 0 aliphatic carbocycles. The Hall–Kier alpha value is -1.56. The highest BCUT2D eigenvalue weighted by atomic mass is 32.1. The Morgan fingerprint density at radius 3 is 2.53 bits per heavy atom. The van der Waals surface area contributed by atoms with Crippen molar-refractivity contribution in [1.29, 1.82) is 0 Å². The molecule has 90 valence electrons. The number of imidazole rings is 1. The van der Waals surface area contributed by atoms with E-state index in [2.05, 4.69) is 4.98 Å². The quantitative estimate of drug-likeness (QED) is 0.772. The molecule has 0 fully saturated rings. The van der Waals surface area contributed by atoms with Gasteiger partial charge in [0.05, 0.1) is 11.3 Å². The fourth-order valence-electron chi connectivity index (χ4n) is 1.56. The van der Waals surface area contributed by atoms with Crippen LogP contribution in [0, 0.1) is 4.77 Å². The minimum Gasteiger partial charge on any atom is -0.337 e. The summed E-state index contributed by atoms with van der Waals surface area (Å²) in [6, 6.07) is 5.16. The Bertz CT molecular complexity index is 595. The number of nitrogens with zero attached hydrogens (tertiary/aromatic N) is 1. The summed E-state index contributed by atoms with van der Waals surface area (Å²) < 4.78 is 39.8. The van der Waals surface area contributed by atoms with Gasteiger partial charge in [-0.25, -0.2) is 0 Å². The van der Waals surface area contributed by atoms with Gasteiger partial charge in [-0.2, -0.15) is 13.2 Å². The number of aromatic nitrogens is 2. The highest BCUT2D eigenvalue weighted by molar-refractivity contribution is 7.71. The summed E-state index contributed by atoms with van der Waals surface area (Å²) in [5.74, 6) is 0. The van der Waals surface area contributed by atoms with Gasteiger partial charge in [0.15, 0.2) is 4.77 Å². The third kappa shape index (κ3) is 2.26. The molecule has 2 aromatic rings. The zero-order chi connectivity index (χ0) is 12.6. The highest BCUT2D eigenvalue weighted by Gasteiger charge is 2.30. The van der Waals surface area contributed by atoms with Crippen molar-refractivity contribution in [2.75, 3.05) is 0 Å². The van der Waals surface area contributed by atoms with E-state index in [1.54, 1.807) is 23.9 Å². The van der Waals surface area contributed by atoms with Crippen LogP contribution in [-0.4, -0.2) is 9.55 Å². The van der Waals surface area contributed by atoms with E-state index in [0.717, 1.165) is 12.1 Å². The van der Waals surface area contributed by atoms with Crippen LogP contribution in [0.1, 0.15) is 5.56 Å². The molecule has 0 radical (unpaired) electrons. The molecule has 17 heavy (non-hydrogen) atoms. The predicted octanol–water partition coefficient (Wildman–Crippen LogP) is 3.77. The molecule has 2 nitrogen and oxygen atoms in total. The summed E-state index contributed by atoms with van der Waals surface area (Å²) in [6.45, 7) is 0. The summed E-state index contributed by atoms with van der Waals surface area (Å²) >= 11 is 4.97. The van der Waals surface area contributed by atoms with Crippen molar-refractivity contribution in [3.8, 4) is 11.3 Å². The second-order valence-electron chi connectivity index (χ2n) is 3.62. The lowest BCUT2D eigenvalue weighted by atomic mass is 10.1.